The fourth-order valence-electron chi connectivity index (χ4n) is 5.79. The van der Waals surface area contributed by atoms with Gasteiger partial charge >= 0.3 is 0 Å². The van der Waals surface area contributed by atoms with Gasteiger partial charge in [-0.1, -0.05) is 147 Å². The van der Waals surface area contributed by atoms with Gasteiger partial charge in [-0.3, -0.25) is 4.55 Å². The average molecular weight is 611 g/mol. The van der Waals surface area contributed by atoms with Gasteiger partial charge in [0.2, 0.25) is 0 Å². The second-order valence-corrected chi connectivity index (χ2v) is 17.1. The second kappa shape index (κ2) is 13.9. The highest BCUT2D eigenvalue weighted by molar-refractivity contribution is 7.85. The van der Waals surface area contributed by atoms with Crippen molar-refractivity contribution in [2.24, 2.45) is 5.92 Å². The molecule has 0 fully saturated rings. The normalized spacial score (nSPS) is 13.4. The SMILES string of the molecule is C[C@H](C(Cc1ccc(S(=O)(=O)O)cc1)[C@@H](C)P(c1ccccc1)c1ccccc1)P(c1ccccc1)c1ccccc1. The topological polar surface area (TPSA) is 54.4 Å². The standard InChI is InChI=1S/C36H36O3P2S/c1-28(40(31-15-7-3-8-16-31)32-17-9-4-10-18-32)36(27-30-23-25-35(26-24-30)42(37,38)39)29(2)41(33-19-11-5-12-20-33)34-21-13-6-14-22-34/h3-26,28-29,36H,27H2,1-2H3,(H,37,38,39)/t28-,29-/m1/s1. The molecule has 0 spiro atoms. The van der Waals surface area contributed by atoms with Crippen LogP contribution in [0, 0.1) is 5.92 Å². The highest BCUT2D eigenvalue weighted by Gasteiger charge is 2.36. The fourth-order valence-corrected chi connectivity index (χ4v) is 12.3. The van der Waals surface area contributed by atoms with Crippen molar-refractivity contribution in [2.45, 2.75) is 36.5 Å². The smallest absolute Gasteiger partial charge is 0.282 e. The molecule has 0 radical (unpaired) electrons. The first-order valence-electron chi connectivity index (χ1n) is 14.2. The van der Waals surface area contributed by atoms with Crippen molar-refractivity contribution < 1.29 is 13.0 Å². The third-order valence-electron chi connectivity index (χ3n) is 7.88. The van der Waals surface area contributed by atoms with Crippen LogP contribution in [0.15, 0.2) is 150 Å². The molecule has 0 saturated carbocycles. The van der Waals surface area contributed by atoms with Crippen molar-refractivity contribution >= 4 is 47.2 Å². The van der Waals surface area contributed by atoms with Gasteiger partial charge in [-0.05, 0) is 78.4 Å². The Hall–Kier alpha value is -3.13. The van der Waals surface area contributed by atoms with Crippen LogP contribution in [0.3, 0.4) is 0 Å². The number of hydrogen-bond donors (Lipinski definition) is 1. The summed E-state index contributed by atoms with van der Waals surface area (Å²) in [6.07, 6.45) is 0.797. The lowest BCUT2D eigenvalue weighted by molar-refractivity contribution is 0.483. The van der Waals surface area contributed by atoms with E-state index in [1.165, 1.54) is 33.4 Å². The van der Waals surface area contributed by atoms with E-state index in [1.807, 2.05) is 12.1 Å². The van der Waals surface area contributed by atoms with Crippen LogP contribution >= 0.6 is 15.8 Å². The van der Waals surface area contributed by atoms with Crippen LogP contribution < -0.4 is 21.2 Å². The molecule has 42 heavy (non-hydrogen) atoms. The highest BCUT2D eigenvalue weighted by Crippen LogP contribution is 2.51. The Kier molecular flexibility index (Phi) is 10.0. The maximum absolute atomic E-state index is 11.7. The fraction of sp³-hybridized carbons (Fsp3) is 0.167. The van der Waals surface area contributed by atoms with Gasteiger partial charge in [-0.25, -0.2) is 0 Å². The van der Waals surface area contributed by atoms with Gasteiger partial charge in [0, 0.05) is 0 Å². The van der Waals surface area contributed by atoms with Crippen molar-refractivity contribution in [3.05, 3.63) is 151 Å². The van der Waals surface area contributed by atoms with E-state index in [2.05, 4.69) is 135 Å². The molecule has 0 amide bonds. The number of rotatable bonds is 11. The van der Waals surface area contributed by atoms with Gasteiger partial charge in [0.25, 0.3) is 10.1 Å². The van der Waals surface area contributed by atoms with Gasteiger partial charge in [-0.2, -0.15) is 8.42 Å². The van der Waals surface area contributed by atoms with Crippen LogP contribution in [0.5, 0.6) is 0 Å². The Morgan fingerprint density at radius 1 is 0.524 bits per heavy atom. The van der Waals surface area contributed by atoms with E-state index >= 15 is 0 Å². The van der Waals surface area contributed by atoms with Crippen LogP contribution in [0.2, 0.25) is 0 Å². The quantitative estimate of drug-likeness (QED) is 0.128. The molecular weight excluding hydrogens is 574 g/mol. The largest absolute Gasteiger partial charge is 0.294 e. The Bertz CT molecular complexity index is 1480. The monoisotopic (exact) mass is 610 g/mol. The van der Waals surface area contributed by atoms with E-state index in [4.69, 9.17) is 0 Å². The van der Waals surface area contributed by atoms with Gasteiger partial charge in [0.1, 0.15) is 0 Å². The maximum atomic E-state index is 11.7. The third-order valence-corrected chi connectivity index (χ3v) is 14.6. The first-order valence-corrected chi connectivity index (χ1v) is 18.4. The minimum Gasteiger partial charge on any atom is -0.282 e. The van der Waals surface area contributed by atoms with Crippen molar-refractivity contribution in [1.29, 1.82) is 0 Å². The first-order chi connectivity index (χ1) is 20.3. The van der Waals surface area contributed by atoms with Crippen LogP contribution in [0.1, 0.15) is 19.4 Å². The summed E-state index contributed by atoms with van der Waals surface area (Å²) in [4.78, 5) is -0.0736. The van der Waals surface area contributed by atoms with Gasteiger partial charge in [-0.15, -0.1) is 0 Å². The lowest BCUT2D eigenvalue weighted by Crippen LogP contribution is -2.36. The Balaban J connectivity index is 1.62. The van der Waals surface area contributed by atoms with Gasteiger partial charge < -0.3 is 0 Å². The molecule has 0 aromatic heterocycles. The van der Waals surface area contributed by atoms with Crippen LogP contribution in [-0.4, -0.2) is 24.3 Å². The van der Waals surface area contributed by atoms with Gasteiger partial charge in [0.15, 0.2) is 0 Å². The molecule has 0 bridgehead atoms. The summed E-state index contributed by atoms with van der Waals surface area (Å²) >= 11 is 0. The summed E-state index contributed by atoms with van der Waals surface area (Å²) in [6, 6.07) is 50.2. The molecule has 0 heterocycles. The second-order valence-electron chi connectivity index (χ2n) is 10.6. The van der Waals surface area contributed by atoms with Crippen LogP contribution in [-0.2, 0) is 16.5 Å². The minimum atomic E-state index is -4.25. The molecule has 0 aliphatic rings. The zero-order valence-electron chi connectivity index (χ0n) is 23.9. The van der Waals surface area contributed by atoms with E-state index in [1.54, 1.807) is 0 Å². The lowest BCUT2D eigenvalue weighted by atomic mass is 9.93. The van der Waals surface area contributed by atoms with Crippen molar-refractivity contribution in [1.82, 2.24) is 0 Å². The molecule has 5 aromatic rings. The molecule has 5 aromatic carbocycles. The maximum Gasteiger partial charge on any atom is 0.294 e. The average Bonchev–Trinajstić information content (AvgIpc) is 3.02. The van der Waals surface area contributed by atoms with Crippen molar-refractivity contribution in [3.8, 4) is 0 Å². The summed E-state index contributed by atoms with van der Waals surface area (Å²) in [5.74, 6) is 0.277. The van der Waals surface area contributed by atoms with Crippen molar-refractivity contribution in [3.63, 3.8) is 0 Å². The molecule has 2 atom stereocenters. The number of benzene rings is 5. The summed E-state index contributed by atoms with van der Waals surface area (Å²) in [6.45, 7) is 4.81. The van der Waals surface area contributed by atoms with Gasteiger partial charge in [0.05, 0.1) is 4.90 Å². The molecule has 5 rings (SSSR count). The zero-order chi connectivity index (χ0) is 29.5. The molecule has 0 aliphatic heterocycles. The molecule has 3 nitrogen and oxygen atoms in total. The van der Waals surface area contributed by atoms with Crippen molar-refractivity contribution in [2.75, 3.05) is 0 Å². The summed E-state index contributed by atoms with van der Waals surface area (Å²) < 4.78 is 33.1. The molecular formula is C36H36O3P2S. The predicted molar refractivity (Wildman–Crippen MR) is 181 cm³/mol. The number of hydrogen-bond acceptors (Lipinski definition) is 2. The third kappa shape index (κ3) is 7.25. The Morgan fingerprint density at radius 3 is 1.12 bits per heavy atom. The minimum absolute atomic E-state index is 0.0736. The molecule has 0 unspecified atom stereocenters. The lowest BCUT2D eigenvalue weighted by Gasteiger charge is -2.39. The zero-order valence-corrected chi connectivity index (χ0v) is 26.5. The van der Waals surface area contributed by atoms with E-state index in [0.29, 0.717) is 11.3 Å². The molecule has 0 saturated heterocycles. The van der Waals surface area contributed by atoms with Crippen LogP contribution in [0.25, 0.3) is 0 Å². The molecule has 214 valence electrons. The van der Waals surface area contributed by atoms with E-state index in [0.717, 1.165) is 12.0 Å². The Morgan fingerprint density at radius 2 is 0.833 bits per heavy atom. The summed E-state index contributed by atoms with van der Waals surface area (Å²) in [5, 5.41) is 5.42. The Labute approximate surface area is 252 Å². The summed E-state index contributed by atoms with van der Waals surface area (Å²) in [5.41, 5.74) is 1.70. The van der Waals surface area contributed by atoms with E-state index in [-0.39, 0.29) is 10.8 Å². The molecule has 6 heteroatoms. The summed E-state index contributed by atoms with van der Waals surface area (Å²) in [7, 11) is -5.63. The van der Waals surface area contributed by atoms with Crippen LogP contribution in [0.4, 0.5) is 0 Å². The van der Waals surface area contributed by atoms with E-state index < -0.39 is 26.0 Å². The molecule has 0 aliphatic carbocycles. The molecule has 1 N–H and O–H groups in total. The van der Waals surface area contributed by atoms with E-state index in [9.17, 15) is 13.0 Å². The predicted octanol–water partition coefficient (Wildman–Crippen LogP) is 7.13. The highest BCUT2D eigenvalue weighted by atomic mass is 32.2. The first kappa shape index (κ1) is 30.3.